The van der Waals surface area contributed by atoms with Crippen molar-refractivity contribution >= 4 is 117 Å². The van der Waals surface area contributed by atoms with Crippen molar-refractivity contribution < 1.29 is 57.2 Å². The number of carbonyl (C=O) groups excluding carboxylic acids is 3. The molecule has 618 valence electrons. The minimum absolute atomic E-state index is 0.0281. The van der Waals surface area contributed by atoms with Crippen molar-refractivity contribution in [2.45, 2.75) is 48.6 Å². The first kappa shape index (κ1) is 84.8. The number of hydrogen-bond donors (Lipinski definition) is 6. The second-order valence-electron chi connectivity index (χ2n) is 28.0. The molecule has 0 saturated carbocycles. The van der Waals surface area contributed by atoms with Gasteiger partial charge in [0.25, 0.3) is 0 Å². The molecule has 0 atom stereocenters. The Kier molecular flexibility index (Phi) is 26.6. The highest BCUT2D eigenvalue weighted by atomic mass is 32.2. The van der Waals surface area contributed by atoms with Gasteiger partial charge in [-0.2, -0.15) is 26.1 Å². The summed E-state index contributed by atoms with van der Waals surface area (Å²) in [5.74, 6) is 0.363. The van der Waals surface area contributed by atoms with Gasteiger partial charge in [0.15, 0.2) is 0 Å². The number of aryl methyl sites for hydroxylation is 1. The van der Waals surface area contributed by atoms with Crippen LogP contribution >= 0.6 is 0 Å². The van der Waals surface area contributed by atoms with E-state index in [1.807, 2.05) is 170 Å². The van der Waals surface area contributed by atoms with E-state index in [2.05, 4.69) is 71.6 Å². The number of aromatic nitrogens is 6. The van der Waals surface area contributed by atoms with Gasteiger partial charge in [-0.1, -0.05) is 66.7 Å². The van der Waals surface area contributed by atoms with Crippen molar-refractivity contribution in [3.05, 3.63) is 272 Å². The molecule has 0 bridgehead atoms. The van der Waals surface area contributed by atoms with Crippen LogP contribution in [0.15, 0.2) is 270 Å². The summed E-state index contributed by atoms with van der Waals surface area (Å²) in [5.41, 5.74) is 12.1. The molecule has 6 N–H and O–H groups in total. The first-order valence-electron chi connectivity index (χ1n) is 38.0. The Labute approximate surface area is 692 Å². The van der Waals surface area contributed by atoms with Crippen molar-refractivity contribution in [2.24, 2.45) is 0 Å². The molecule has 120 heavy (non-hydrogen) atoms. The average Bonchev–Trinajstić information content (AvgIpc) is 0.807. The number of anilines is 12. The Morgan fingerprint density at radius 1 is 0.350 bits per heavy atom. The number of nitrogens with one attached hydrogen (secondary N) is 6. The van der Waals surface area contributed by atoms with Gasteiger partial charge < -0.3 is 46.6 Å². The number of hydrogen-bond acceptors (Lipinski definition) is 21. The van der Waals surface area contributed by atoms with E-state index in [9.17, 15) is 57.2 Å². The van der Waals surface area contributed by atoms with Crippen molar-refractivity contribution in [1.29, 1.82) is 0 Å². The number of amides is 3. The Bertz CT molecular complexity index is 5970. The number of benzene rings is 9. The molecule has 12 aromatic rings. The Balaban J connectivity index is 0.000000156. The maximum Gasteiger partial charge on any atom is 0.416 e. The van der Waals surface area contributed by atoms with Crippen LogP contribution in [0.1, 0.15) is 31.9 Å². The van der Waals surface area contributed by atoms with E-state index in [0.717, 1.165) is 91.7 Å². The first-order chi connectivity index (χ1) is 57.6. The van der Waals surface area contributed by atoms with E-state index in [-0.39, 0.29) is 40.6 Å². The zero-order chi connectivity index (χ0) is 84.7. The van der Waals surface area contributed by atoms with Gasteiger partial charge in [0, 0.05) is 186 Å². The van der Waals surface area contributed by atoms with E-state index in [1.54, 1.807) is 53.2 Å². The fourth-order valence-corrected chi connectivity index (χ4v) is 18.0. The highest BCUT2D eigenvalue weighted by Gasteiger charge is 2.35. The van der Waals surface area contributed by atoms with Crippen LogP contribution in [0.3, 0.4) is 0 Å². The Morgan fingerprint density at radius 3 is 0.975 bits per heavy atom. The molecule has 27 nitrogen and oxygen atoms in total. The van der Waals surface area contributed by atoms with Crippen LogP contribution in [0.5, 0.6) is 0 Å². The summed E-state index contributed by atoms with van der Waals surface area (Å²) < 4.78 is 135. The lowest BCUT2D eigenvalue weighted by Gasteiger charge is -2.35. The van der Waals surface area contributed by atoms with Crippen molar-refractivity contribution in [2.75, 3.05) is 125 Å². The molecule has 3 fully saturated rings. The van der Waals surface area contributed by atoms with Gasteiger partial charge in [0.05, 0.1) is 37.3 Å². The molecule has 3 amide bonds. The molecule has 34 heteroatoms. The van der Waals surface area contributed by atoms with E-state index in [4.69, 9.17) is 0 Å². The third-order valence-electron chi connectivity index (χ3n) is 19.6. The number of halogens is 4. The predicted octanol–water partition coefficient (Wildman–Crippen LogP) is 14.5. The smallest absolute Gasteiger partial charge is 0.369 e. The third kappa shape index (κ3) is 21.8. The lowest BCUT2D eigenvalue weighted by molar-refractivity contribution is -0.137. The molecular weight excluding hydrogens is 1600 g/mol. The van der Waals surface area contributed by atoms with E-state index < -0.39 is 47.6 Å². The van der Waals surface area contributed by atoms with Crippen molar-refractivity contribution in [3.63, 3.8) is 0 Å². The fourth-order valence-electron chi connectivity index (χ4n) is 13.5. The van der Waals surface area contributed by atoms with Gasteiger partial charge in [-0.3, -0.25) is 14.4 Å². The van der Waals surface area contributed by atoms with Gasteiger partial charge in [-0.25, -0.2) is 59.5 Å². The maximum atomic E-state index is 13.5. The van der Waals surface area contributed by atoms with Crippen LogP contribution in [0.2, 0.25) is 0 Å². The molecule has 6 heterocycles. The predicted molar refractivity (Wildman–Crippen MR) is 456 cm³/mol. The molecule has 15 rings (SSSR count). The maximum absolute atomic E-state index is 13.5. The van der Waals surface area contributed by atoms with Gasteiger partial charge in [0.2, 0.25) is 65.6 Å². The second-order valence-corrected chi connectivity index (χ2v) is 33.8. The zero-order valence-corrected chi connectivity index (χ0v) is 68.0. The van der Waals surface area contributed by atoms with Crippen LogP contribution in [0.25, 0.3) is 33.8 Å². The Morgan fingerprint density at radius 2 is 0.658 bits per heavy atom. The highest BCUT2D eigenvalue weighted by Crippen LogP contribution is 2.34. The number of carbonyl (C=O) groups is 3. The summed E-state index contributed by atoms with van der Waals surface area (Å²) in [5, 5.41) is 17.9. The van der Waals surface area contributed by atoms with Crippen LogP contribution in [-0.4, -0.2) is 164 Å². The topological polar surface area (TPSA) is 323 Å². The molecule has 3 aromatic heterocycles. The minimum atomic E-state index is -4.62. The summed E-state index contributed by atoms with van der Waals surface area (Å²) in [7, 11) is -11.3. The summed E-state index contributed by atoms with van der Waals surface area (Å²) >= 11 is 0. The summed E-state index contributed by atoms with van der Waals surface area (Å²) in [6.45, 7) is 11.0. The molecule has 0 aliphatic carbocycles. The zero-order valence-electron chi connectivity index (χ0n) is 65.5. The summed E-state index contributed by atoms with van der Waals surface area (Å²) in [4.78, 5) is 66.7. The standard InChI is InChI=1S/C29H27F3N6O3S.C29H30N6O3S.C28H27FN6O3S/c1-20(39)34-23-7-5-21(6-8-23)27-13-14-33-28(36-27)35-24-9-11-25(12-10-24)37-15-17-38(18-16-37)42(40,41)26-4-2-3-22(19-26)29(30,31)32;1-21-5-3-4-6-28(21)39(37,38)35-19-17-34(18-20-35)26-13-11-25(12-14-26)32-29-30-16-15-27(33-29)23-7-9-24(10-8-23)31-22(2)36;1-20(36)31-23-7-5-21(6-8-23)27-13-14-30-28(33-27)32-24-9-11-25(12-10-24)34-15-17-35(18-16-34)39(37,38)26-4-2-3-22(29)19-26/h2-14,19H,15-18H2,1H3,(H,34,39)(H,33,35,36);3-16H,17-20H2,1-2H3,(H,31,36)(H,30,32,33);2-14,19H,15-18H2,1H3,(H,31,36)(H,30,32,33). The molecular formula is C86H84F4N18O9S3. The minimum Gasteiger partial charge on any atom is -0.369 e. The third-order valence-corrected chi connectivity index (χ3v) is 25.4. The van der Waals surface area contributed by atoms with Crippen molar-refractivity contribution in [1.82, 2.24) is 42.8 Å². The number of piperazine rings is 3. The van der Waals surface area contributed by atoms with Gasteiger partial charge in [0.1, 0.15) is 5.82 Å². The SMILES string of the molecule is CC(=O)Nc1ccc(-c2ccnc(Nc3ccc(N4CCN(S(=O)(=O)c5cccc(C(F)(F)F)c5)CC4)cc3)n2)cc1.CC(=O)Nc1ccc(-c2ccnc(Nc3ccc(N4CCN(S(=O)(=O)c5cccc(F)c5)CC4)cc3)n2)cc1.CC(=O)Nc1ccc(-c2ccnc(Nc3ccc(N4CCN(S(=O)(=O)c5ccccc5C)CC4)cc3)n2)cc1. The quantitative estimate of drug-likeness (QED) is 0.0364. The largest absolute Gasteiger partial charge is 0.416 e. The molecule has 0 unspecified atom stereocenters. The second kappa shape index (κ2) is 37.7. The number of rotatable bonds is 21. The van der Waals surface area contributed by atoms with Crippen molar-refractivity contribution in [3.8, 4) is 33.8 Å². The normalized spacial score (nSPS) is 14.2. The summed E-state index contributed by atoms with van der Waals surface area (Å²) in [6.07, 6.45) is 0.402. The van der Waals surface area contributed by atoms with Gasteiger partial charge >= 0.3 is 6.18 Å². The molecule has 3 saturated heterocycles. The van der Waals surface area contributed by atoms with E-state index in [0.29, 0.717) is 111 Å². The molecule has 3 aliphatic rings. The lowest BCUT2D eigenvalue weighted by Crippen LogP contribution is -2.48. The number of nitrogens with zero attached hydrogens (tertiary/aromatic N) is 12. The Hall–Kier alpha value is -13.1. The highest BCUT2D eigenvalue weighted by molar-refractivity contribution is 7.89. The lowest BCUT2D eigenvalue weighted by atomic mass is 10.1. The van der Waals surface area contributed by atoms with E-state index in [1.165, 1.54) is 53.6 Å². The molecule has 0 radical (unpaired) electrons. The molecule has 0 spiro atoms. The number of sulfonamides is 3. The average molecular weight is 1690 g/mol. The number of alkyl halides is 3. The van der Waals surface area contributed by atoms with Crippen LogP contribution < -0.4 is 46.6 Å². The monoisotopic (exact) mass is 1680 g/mol. The van der Waals surface area contributed by atoms with Gasteiger partial charge in [-0.05, 0) is 182 Å². The summed E-state index contributed by atoms with van der Waals surface area (Å²) in [6, 6.07) is 66.9. The molecule has 3 aliphatic heterocycles. The van der Waals surface area contributed by atoms with Crippen LogP contribution in [0, 0.1) is 12.7 Å². The fraction of sp³-hybridized carbons (Fsp3) is 0.198. The van der Waals surface area contributed by atoms with Crippen LogP contribution in [-0.2, 0) is 50.6 Å². The van der Waals surface area contributed by atoms with Crippen LogP contribution in [0.4, 0.5) is 86.6 Å². The first-order valence-corrected chi connectivity index (χ1v) is 42.4. The van der Waals surface area contributed by atoms with E-state index >= 15 is 0 Å². The van der Waals surface area contributed by atoms with Gasteiger partial charge in [-0.15, -0.1) is 0 Å². The molecule has 9 aromatic carbocycles.